The van der Waals surface area contributed by atoms with Crippen LogP contribution in [0.2, 0.25) is 0 Å². The number of anilines is 1. The second kappa shape index (κ2) is 8.51. The Bertz CT molecular complexity index is 269. The van der Waals surface area contributed by atoms with Crippen molar-refractivity contribution in [1.82, 2.24) is 0 Å². The van der Waals surface area contributed by atoms with Crippen LogP contribution in [0.4, 0.5) is 5.69 Å². The van der Waals surface area contributed by atoms with Crippen molar-refractivity contribution in [3.8, 4) is 0 Å². The van der Waals surface area contributed by atoms with Gasteiger partial charge in [-0.3, -0.25) is 0 Å². The second-order valence-corrected chi connectivity index (χ2v) is 5.06. The highest BCUT2D eigenvalue weighted by Crippen LogP contribution is 2.11. The zero-order valence-corrected chi connectivity index (χ0v) is 11.3. The van der Waals surface area contributed by atoms with Crippen molar-refractivity contribution in [2.24, 2.45) is 0 Å². The van der Waals surface area contributed by atoms with Crippen LogP contribution >= 0.6 is 11.8 Å². The minimum atomic E-state index is 1.08. The number of rotatable bonds is 8. The predicted octanol–water partition coefficient (Wildman–Crippen LogP) is 4.19. The van der Waals surface area contributed by atoms with Crippen LogP contribution in [0, 0.1) is 0 Å². The molecule has 2 heteroatoms. The zero-order chi connectivity index (χ0) is 11.6. The number of hydrogen-bond acceptors (Lipinski definition) is 2. The van der Waals surface area contributed by atoms with Gasteiger partial charge < -0.3 is 5.32 Å². The Labute approximate surface area is 104 Å². The van der Waals surface area contributed by atoms with E-state index in [0.29, 0.717) is 0 Å². The molecule has 0 heterocycles. The molecule has 0 bridgehead atoms. The molecule has 0 aliphatic rings. The number of aryl methyl sites for hydroxylation is 1. The molecule has 0 saturated heterocycles. The maximum Gasteiger partial charge on any atom is 0.0340 e. The Morgan fingerprint density at radius 1 is 1.12 bits per heavy atom. The van der Waals surface area contributed by atoms with Crippen LogP contribution in [0.15, 0.2) is 24.3 Å². The monoisotopic (exact) mass is 237 g/mol. The molecule has 90 valence electrons. The van der Waals surface area contributed by atoms with Gasteiger partial charge in [0.15, 0.2) is 0 Å². The summed E-state index contributed by atoms with van der Waals surface area (Å²) in [5.74, 6) is 1.24. The molecule has 1 aromatic rings. The molecule has 1 rings (SSSR count). The highest BCUT2D eigenvalue weighted by atomic mass is 32.2. The van der Waals surface area contributed by atoms with E-state index in [1.807, 2.05) is 11.8 Å². The van der Waals surface area contributed by atoms with Crippen LogP contribution in [-0.2, 0) is 6.42 Å². The fraction of sp³-hybridized carbons (Fsp3) is 0.571. The van der Waals surface area contributed by atoms with Gasteiger partial charge in [-0.15, -0.1) is 0 Å². The van der Waals surface area contributed by atoms with Crippen molar-refractivity contribution >= 4 is 17.4 Å². The van der Waals surface area contributed by atoms with Gasteiger partial charge in [-0.05, 0) is 49.0 Å². The van der Waals surface area contributed by atoms with Crippen molar-refractivity contribution in [3.05, 3.63) is 29.8 Å². The molecule has 0 unspecified atom stereocenters. The predicted molar refractivity (Wildman–Crippen MR) is 76.5 cm³/mol. The minimum absolute atomic E-state index is 1.08. The minimum Gasteiger partial charge on any atom is -0.385 e. The Hall–Kier alpha value is -0.630. The van der Waals surface area contributed by atoms with E-state index >= 15 is 0 Å². The number of hydrogen-bond donors (Lipinski definition) is 1. The number of nitrogens with one attached hydrogen (secondary N) is 1. The van der Waals surface area contributed by atoms with Gasteiger partial charge in [-0.2, -0.15) is 11.8 Å². The number of unbranched alkanes of at least 4 members (excludes halogenated alkanes) is 1. The van der Waals surface area contributed by atoms with E-state index in [4.69, 9.17) is 0 Å². The van der Waals surface area contributed by atoms with E-state index in [0.717, 1.165) is 6.54 Å². The van der Waals surface area contributed by atoms with Crippen LogP contribution in [0.5, 0.6) is 0 Å². The lowest BCUT2D eigenvalue weighted by molar-refractivity contribution is 0.795. The molecule has 0 amide bonds. The van der Waals surface area contributed by atoms with Crippen LogP contribution in [-0.4, -0.2) is 18.6 Å². The third kappa shape index (κ3) is 5.45. The number of benzene rings is 1. The van der Waals surface area contributed by atoms with Gasteiger partial charge in [-0.1, -0.05) is 25.5 Å². The quantitative estimate of drug-likeness (QED) is 0.680. The summed E-state index contributed by atoms with van der Waals surface area (Å²) in [7, 11) is 0. The lowest BCUT2D eigenvalue weighted by Crippen LogP contribution is -2.02. The molecule has 0 aliphatic carbocycles. The SMILES string of the molecule is CCCCc1ccc(NCCCSC)cc1. The van der Waals surface area contributed by atoms with Crippen LogP contribution in [0.1, 0.15) is 31.7 Å². The first kappa shape index (κ1) is 13.4. The van der Waals surface area contributed by atoms with Crippen molar-refractivity contribution in [1.29, 1.82) is 0 Å². The molecule has 0 aromatic heterocycles. The maximum absolute atomic E-state index is 3.45. The van der Waals surface area contributed by atoms with Crippen molar-refractivity contribution in [2.45, 2.75) is 32.6 Å². The summed E-state index contributed by atoms with van der Waals surface area (Å²) in [6.07, 6.45) is 7.17. The summed E-state index contributed by atoms with van der Waals surface area (Å²) < 4.78 is 0. The average Bonchev–Trinajstić information content (AvgIpc) is 2.33. The standard InChI is InChI=1S/C14H23NS/c1-3-4-6-13-7-9-14(10-8-13)15-11-5-12-16-2/h7-10,15H,3-6,11-12H2,1-2H3. The Morgan fingerprint density at radius 3 is 2.50 bits per heavy atom. The van der Waals surface area contributed by atoms with Crippen LogP contribution in [0.25, 0.3) is 0 Å². The highest BCUT2D eigenvalue weighted by molar-refractivity contribution is 7.98. The highest BCUT2D eigenvalue weighted by Gasteiger charge is 1.94. The van der Waals surface area contributed by atoms with Gasteiger partial charge in [0.1, 0.15) is 0 Å². The fourth-order valence-electron chi connectivity index (χ4n) is 1.62. The molecular weight excluding hydrogens is 214 g/mol. The topological polar surface area (TPSA) is 12.0 Å². The molecular formula is C14H23NS. The van der Waals surface area contributed by atoms with E-state index in [1.54, 1.807) is 0 Å². The largest absolute Gasteiger partial charge is 0.385 e. The Kier molecular flexibility index (Phi) is 7.15. The van der Waals surface area contributed by atoms with E-state index in [2.05, 4.69) is 42.8 Å². The molecule has 0 fully saturated rings. The first-order valence-electron chi connectivity index (χ1n) is 6.18. The molecule has 0 radical (unpaired) electrons. The summed E-state index contributed by atoms with van der Waals surface area (Å²) in [6.45, 7) is 3.32. The number of thioether (sulfide) groups is 1. The molecule has 1 nitrogen and oxygen atoms in total. The third-order valence-corrected chi connectivity index (χ3v) is 3.32. The fourth-order valence-corrected chi connectivity index (χ4v) is 2.05. The molecule has 0 spiro atoms. The van der Waals surface area contributed by atoms with Gasteiger partial charge in [0, 0.05) is 12.2 Å². The van der Waals surface area contributed by atoms with Gasteiger partial charge in [0.05, 0.1) is 0 Å². The summed E-state index contributed by atoms with van der Waals surface area (Å²) in [5, 5.41) is 3.45. The molecule has 0 aliphatic heterocycles. The van der Waals surface area contributed by atoms with E-state index in [9.17, 15) is 0 Å². The lowest BCUT2D eigenvalue weighted by atomic mass is 10.1. The van der Waals surface area contributed by atoms with Gasteiger partial charge >= 0.3 is 0 Å². The molecule has 0 atom stereocenters. The Balaban J connectivity index is 2.27. The lowest BCUT2D eigenvalue weighted by Gasteiger charge is -2.06. The van der Waals surface area contributed by atoms with Gasteiger partial charge in [0.25, 0.3) is 0 Å². The Morgan fingerprint density at radius 2 is 1.88 bits per heavy atom. The second-order valence-electron chi connectivity index (χ2n) is 4.07. The van der Waals surface area contributed by atoms with E-state index in [1.165, 1.54) is 42.7 Å². The molecule has 1 N–H and O–H groups in total. The van der Waals surface area contributed by atoms with Gasteiger partial charge in [-0.25, -0.2) is 0 Å². The van der Waals surface area contributed by atoms with Crippen LogP contribution < -0.4 is 5.32 Å². The molecule has 16 heavy (non-hydrogen) atoms. The summed E-state index contributed by atoms with van der Waals surface area (Å²) in [4.78, 5) is 0. The first-order chi connectivity index (χ1) is 7.86. The smallest absolute Gasteiger partial charge is 0.0340 e. The molecule has 0 saturated carbocycles. The summed E-state index contributed by atoms with van der Waals surface area (Å²) >= 11 is 1.91. The van der Waals surface area contributed by atoms with Crippen molar-refractivity contribution in [2.75, 3.05) is 23.9 Å². The first-order valence-corrected chi connectivity index (χ1v) is 7.58. The van der Waals surface area contributed by atoms with Crippen molar-refractivity contribution < 1.29 is 0 Å². The summed E-state index contributed by atoms with van der Waals surface area (Å²) in [6, 6.07) is 8.88. The zero-order valence-electron chi connectivity index (χ0n) is 10.5. The van der Waals surface area contributed by atoms with Crippen molar-refractivity contribution in [3.63, 3.8) is 0 Å². The molecule has 1 aromatic carbocycles. The normalized spacial score (nSPS) is 10.4. The van der Waals surface area contributed by atoms with E-state index < -0.39 is 0 Å². The third-order valence-electron chi connectivity index (χ3n) is 2.63. The van der Waals surface area contributed by atoms with E-state index in [-0.39, 0.29) is 0 Å². The van der Waals surface area contributed by atoms with Crippen LogP contribution in [0.3, 0.4) is 0 Å². The maximum atomic E-state index is 3.45. The summed E-state index contributed by atoms with van der Waals surface area (Å²) in [5.41, 5.74) is 2.71. The van der Waals surface area contributed by atoms with Gasteiger partial charge in [0.2, 0.25) is 0 Å². The average molecular weight is 237 g/mol.